The summed E-state index contributed by atoms with van der Waals surface area (Å²) < 4.78 is 0. The van der Waals surface area contributed by atoms with Gasteiger partial charge in [-0.3, -0.25) is 10.8 Å². The molecule has 1 unspecified atom stereocenters. The Kier molecular flexibility index (Phi) is 3.78. The lowest BCUT2D eigenvalue weighted by Crippen LogP contribution is -2.28. The average Bonchev–Trinajstić information content (AvgIpc) is 2.97. The molecule has 0 aliphatic heterocycles. The van der Waals surface area contributed by atoms with Gasteiger partial charge < -0.3 is 0 Å². The van der Waals surface area contributed by atoms with Gasteiger partial charge in [-0.15, -0.1) is 11.3 Å². The molecule has 20 heavy (non-hydrogen) atoms. The van der Waals surface area contributed by atoms with Gasteiger partial charge in [-0.25, -0.2) is 5.43 Å². The van der Waals surface area contributed by atoms with E-state index in [1.807, 2.05) is 24.5 Å². The van der Waals surface area contributed by atoms with Crippen LogP contribution in [0.3, 0.4) is 0 Å². The summed E-state index contributed by atoms with van der Waals surface area (Å²) in [5.41, 5.74) is 4.06. The monoisotopic (exact) mass is 283 g/mol. The van der Waals surface area contributed by atoms with Crippen molar-refractivity contribution in [3.63, 3.8) is 0 Å². The van der Waals surface area contributed by atoms with E-state index in [-0.39, 0.29) is 6.04 Å². The summed E-state index contributed by atoms with van der Waals surface area (Å²) >= 11 is 1.80. The van der Waals surface area contributed by atoms with Crippen molar-refractivity contribution >= 4 is 22.1 Å². The van der Waals surface area contributed by atoms with Crippen LogP contribution in [0.5, 0.6) is 0 Å². The van der Waals surface area contributed by atoms with Crippen LogP contribution in [-0.2, 0) is 6.42 Å². The molecule has 0 aliphatic rings. The smallest absolute Gasteiger partial charge is 0.0823 e. The summed E-state index contributed by atoms with van der Waals surface area (Å²) in [6.45, 7) is 2.17. The second-order valence-corrected chi connectivity index (χ2v) is 5.91. The minimum Gasteiger partial charge on any atom is -0.271 e. The molecule has 0 saturated heterocycles. The summed E-state index contributed by atoms with van der Waals surface area (Å²) in [6, 6.07) is 12.6. The Hall–Kier alpha value is -1.75. The van der Waals surface area contributed by atoms with Gasteiger partial charge in [0.25, 0.3) is 0 Å². The number of thiophene rings is 1. The second kappa shape index (κ2) is 5.71. The van der Waals surface area contributed by atoms with E-state index in [0.717, 1.165) is 17.4 Å². The van der Waals surface area contributed by atoms with Crippen molar-refractivity contribution in [3.05, 3.63) is 64.1 Å². The van der Waals surface area contributed by atoms with Crippen molar-refractivity contribution in [2.75, 3.05) is 0 Å². The van der Waals surface area contributed by atoms with Crippen molar-refractivity contribution in [2.45, 2.75) is 19.4 Å². The lowest BCUT2D eigenvalue weighted by molar-refractivity contribution is 0.648. The molecule has 2 heterocycles. The lowest BCUT2D eigenvalue weighted by atomic mass is 10.0. The first-order chi connectivity index (χ1) is 9.83. The first-order valence-electron chi connectivity index (χ1n) is 6.71. The van der Waals surface area contributed by atoms with E-state index in [4.69, 9.17) is 5.84 Å². The zero-order valence-corrected chi connectivity index (χ0v) is 12.2. The standard InChI is InChI=1S/C16H17N3S/c1-2-12-7-8-15(20-12)16(19-17)14-10-18-9-11-5-3-4-6-13(11)14/h3-10,16,19H,2,17H2,1H3. The number of hydrogen-bond acceptors (Lipinski definition) is 4. The molecule has 0 bridgehead atoms. The van der Waals surface area contributed by atoms with Crippen LogP contribution in [0.4, 0.5) is 0 Å². The van der Waals surface area contributed by atoms with Crippen LogP contribution >= 0.6 is 11.3 Å². The fourth-order valence-electron chi connectivity index (χ4n) is 2.43. The van der Waals surface area contributed by atoms with Crippen molar-refractivity contribution in [3.8, 4) is 0 Å². The number of nitrogens with one attached hydrogen (secondary N) is 1. The highest BCUT2D eigenvalue weighted by Crippen LogP contribution is 2.31. The number of aromatic nitrogens is 1. The van der Waals surface area contributed by atoms with Crippen molar-refractivity contribution < 1.29 is 0 Å². The Balaban J connectivity index is 2.11. The van der Waals surface area contributed by atoms with Crippen LogP contribution in [0, 0.1) is 0 Å². The highest BCUT2D eigenvalue weighted by atomic mass is 32.1. The number of rotatable bonds is 4. The summed E-state index contributed by atoms with van der Waals surface area (Å²) in [5.74, 6) is 5.81. The first-order valence-corrected chi connectivity index (χ1v) is 7.52. The van der Waals surface area contributed by atoms with Crippen LogP contribution in [0.25, 0.3) is 10.8 Å². The third-order valence-electron chi connectivity index (χ3n) is 3.49. The largest absolute Gasteiger partial charge is 0.271 e. The van der Waals surface area contributed by atoms with Gasteiger partial charge in [-0.2, -0.15) is 0 Å². The molecule has 3 N–H and O–H groups in total. The molecule has 102 valence electrons. The van der Waals surface area contributed by atoms with Gasteiger partial charge in [-0.1, -0.05) is 31.2 Å². The maximum atomic E-state index is 5.81. The molecule has 0 saturated carbocycles. The van der Waals surface area contributed by atoms with E-state index in [0.29, 0.717) is 0 Å². The Bertz CT molecular complexity index is 715. The number of fused-ring (bicyclic) bond motifs is 1. The van der Waals surface area contributed by atoms with Gasteiger partial charge >= 0.3 is 0 Å². The molecule has 1 atom stereocenters. The number of pyridine rings is 1. The van der Waals surface area contributed by atoms with Gasteiger partial charge in [0.05, 0.1) is 6.04 Å². The fraction of sp³-hybridized carbons (Fsp3) is 0.188. The maximum Gasteiger partial charge on any atom is 0.0823 e. The highest BCUT2D eigenvalue weighted by molar-refractivity contribution is 7.12. The Labute approximate surface area is 122 Å². The molecule has 0 amide bonds. The number of hydrogen-bond donors (Lipinski definition) is 2. The van der Waals surface area contributed by atoms with Crippen molar-refractivity contribution in [1.29, 1.82) is 0 Å². The minimum atomic E-state index is -0.0149. The number of nitrogens with zero attached hydrogens (tertiary/aromatic N) is 1. The quantitative estimate of drug-likeness (QED) is 0.570. The van der Waals surface area contributed by atoms with Crippen LogP contribution < -0.4 is 11.3 Å². The highest BCUT2D eigenvalue weighted by Gasteiger charge is 2.17. The van der Waals surface area contributed by atoms with Crippen molar-refractivity contribution in [1.82, 2.24) is 10.4 Å². The van der Waals surface area contributed by atoms with Gasteiger partial charge in [0.15, 0.2) is 0 Å². The van der Waals surface area contributed by atoms with E-state index < -0.39 is 0 Å². The Morgan fingerprint density at radius 2 is 2.05 bits per heavy atom. The molecular formula is C16H17N3S. The van der Waals surface area contributed by atoms with E-state index in [9.17, 15) is 0 Å². The molecule has 3 nitrogen and oxygen atoms in total. The third-order valence-corrected chi connectivity index (χ3v) is 4.79. The summed E-state index contributed by atoms with van der Waals surface area (Å²) in [7, 11) is 0. The Morgan fingerprint density at radius 3 is 2.80 bits per heavy atom. The fourth-order valence-corrected chi connectivity index (χ4v) is 3.47. The zero-order valence-electron chi connectivity index (χ0n) is 11.3. The Morgan fingerprint density at radius 1 is 1.20 bits per heavy atom. The normalized spacial score (nSPS) is 12.7. The first kappa shape index (κ1) is 13.2. The van der Waals surface area contributed by atoms with E-state index in [1.54, 1.807) is 11.3 Å². The van der Waals surface area contributed by atoms with Crippen LogP contribution in [-0.4, -0.2) is 4.98 Å². The molecule has 4 heteroatoms. The van der Waals surface area contributed by atoms with Gasteiger partial charge in [-0.05, 0) is 23.9 Å². The van der Waals surface area contributed by atoms with E-state index >= 15 is 0 Å². The summed E-state index contributed by atoms with van der Waals surface area (Å²) in [6.07, 6.45) is 4.84. The second-order valence-electron chi connectivity index (χ2n) is 4.71. The molecule has 0 spiro atoms. The number of nitrogens with two attached hydrogens (primary N) is 1. The molecule has 3 rings (SSSR count). The van der Waals surface area contributed by atoms with Crippen LogP contribution in [0.1, 0.15) is 28.3 Å². The lowest BCUT2D eigenvalue weighted by Gasteiger charge is -2.16. The number of hydrazine groups is 1. The van der Waals surface area contributed by atoms with Gasteiger partial charge in [0.2, 0.25) is 0 Å². The maximum absolute atomic E-state index is 5.81. The molecule has 2 aromatic heterocycles. The molecule has 0 aliphatic carbocycles. The molecule has 0 radical (unpaired) electrons. The molecule has 0 fully saturated rings. The summed E-state index contributed by atoms with van der Waals surface area (Å²) in [4.78, 5) is 6.94. The third kappa shape index (κ3) is 2.33. The predicted molar refractivity (Wildman–Crippen MR) is 84.6 cm³/mol. The van der Waals surface area contributed by atoms with E-state index in [1.165, 1.54) is 15.1 Å². The number of aryl methyl sites for hydroxylation is 1. The van der Waals surface area contributed by atoms with Gasteiger partial charge in [0.1, 0.15) is 0 Å². The molecule has 1 aromatic carbocycles. The topological polar surface area (TPSA) is 50.9 Å². The molecular weight excluding hydrogens is 266 g/mol. The van der Waals surface area contributed by atoms with Gasteiger partial charge in [0, 0.05) is 33.1 Å². The van der Waals surface area contributed by atoms with Crippen molar-refractivity contribution in [2.24, 2.45) is 5.84 Å². The van der Waals surface area contributed by atoms with E-state index in [2.05, 4.69) is 41.6 Å². The van der Waals surface area contributed by atoms with Crippen LogP contribution in [0.15, 0.2) is 48.8 Å². The number of benzene rings is 1. The minimum absolute atomic E-state index is 0.0149. The SMILES string of the molecule is CCc1ccc(C(NN)c2cncc3ccccc23)s1. The van der Waals surface area contributed by atoms with Crippen LogP contribution in [0.2, 0.25) is 0 Å². The summed E-state index contributed by atoms with van der Waals surface area (Å²) in [5, 5.41) is 2.33. The molecule has 3 aromatic rings. The average molecular weight is 283 g/mol. The zero-order chi connectivity index (χ0) is 13.9. The predicted octanol–water partition coefficient (Wildman–Crippen LogP) is 3.41.